The third-order valence-corrected chi connectivity index (χ3v) is 5.15. The lowest BCUT2D eigenvalue weighted by molar-refractivity contribution is -0.384. The Balaban J connectivity index is 1.55. The van der Waals surface area contributed by atoms with E-state index in [0.717, 1.165) is 5.56 Å². The van der Waals surface area contributed by atoms with E-state index in [4.69, 9.17) is 11.6 Å². The van der Waals surface area contributed by atoms with Gasteiger partial charge in [-0.2, -0.15) is 0 Å². The van der Waals surface area contributed by atoms with Gasteiger partial charge in [0.1, 0.15) is 0 Å². The molecule has 1 heterocycles. The van der Waals surface area contributed by atoms with Gasteiger partial charge in [-0.3, -0.25) is 14.9 Å². The Morgan fingerprint density at radius 3 is 2.34 bits per heavy atom. The van der Waals surface area contributed by atoms with E-state index in [0.29, 0.717) is 49.7 Å². The molecule has 2 aromatic rings. The van der Waals surface area contributed by atoms with Crippen molar-refractivity contribution in [1.29, 1.82) is 0 Å². The van der Waals surface area contributed by atoms with Crippen molar-refractivity contribution in [1.82, 2.24) is 15.1 Å². The van der Waals surface area contributed by atoms with E-state index >= 15 is 0 Å². The van der Waals surface area contributed by atoms with E-state index in [9.17, 15) is 19.7 Å². The SMILES string of the molecule is O=C(NCc1ccccc1Cl)N1CCCN(C(=O)c2ccc([N+](=O)[O-])cc2)CC1. The van der Waals surface area contributed by atoms with Crippen LogP contribution in [0.3, 0.4) is 0 Å². The lowest BCUT2D eigenvalue weighted by Gasteiger charge is -2.22. The lowest BCUT2D eigenvalue weighted by Crippen LogP contribution is -2.42. The largest absolute Gasteiger partial charge is 0.337 e. The minimum absolute atomic E-state index is 0.0567. The van der Waals surface area contributed by atoms with E-state index in [1.54, 1.807) is 15.9 Å². The number of benzene rings is 2. The number of halogens is 1. The van der Waals surface area contributed by atoms with Gasteiger partial charge in [0, 0.05) is 55.4 Å². The van der Waals surface area contributed by atoms with Crippen LogP contribution in [0.4, 0.5) is 10.5 Å². The Morgan fingerprint density at radius 1 is 1.00 bits per heavy atom. The van der Waals surface area contributed by atoms with Crippen LogP contribution in [-0.2, 0) is 6.54 Å². The number of nitrogens with zero attached hydrogens (tertiary/aromatic N) is 3. The summed E-state index contributed by atoms with van der Waals surface area (Å²) in [6.07, 6.45) is 0.651. The third kappa shape index (κ3) is 5.23. The molecule has 3 rings (SSSR count). The van der Waals surface area contributed by atoms with Crippen molar-refractivity contribution in [3.63, 3.8) is 0 Å². The van der Waals surface area contributed by atoms with Crippen LogP contribution in [0.5, 0.6) is 0 Å². The van der Waals surface area contributed by atoms with E-state index in [2.05, 4.69) is 5.32 Å². The minimum atomic E-state index is -0.501. The zero-order chi connectivity index (χ0) is 20.8. The molecule has 0 saturated carbocycles. The number of carbonyl (C=O) groups is 2. The highest BCUT2D eigenvalue weighted by molar-refractivity contribution is 6.31. The fourth-order valence-electron chi connectivity index (χ4n) is 3.16. The Hall–Kier alpha value is -3.13. The lowest BCUT2D eigenvalue weighted by atomic mass is 10.2. The monoisotopic (exact) mass is 416 g/mol. The normalized spacial score (nSPS) is 14.2. The molecule has 0 aliphatic carbocycles. The van der Waals surface area contributed by atoms with Crippen LogP contribution in [0, 0.1) is 10.1 Å². The topological polar surface area (TPSA) is 95.8 Å². The van der Waals surface area contributed by atoms with Crippen molar-refractivity contribution >= 4 is 29.2 Å². The molecule has 0 atom stereocenters. The average Bonchev–Trinajstić information content (AvgIpc) is 2.99. The quantitative estimate of drug-likeness (QED) is 0.611. The first-order valence-electron chi connectivity index (χ1n) is 9.25. The number of nitro benzene ring substituents is 1. The van der Waals surface area contributed by atoms with Crippen LogP contribution in [0.15, 0.2) is 48.5 Å². The molecule has 152 valence electrons. The zero-order valence-electron chi connectivity index (χ0n) is 15.7. The van der Waals surface area contributed by atoms with Gasteiger partial charge in [-0.05, 0) is 30.2 Å². The van der Waals surface area contributed by atoms with Gasteiger partial charge in [-0.15, -0.1) is 0 Å². The van der Waals surface area contributed by atoms with Gasteiger partial charge < -0.3 is 15.1 Å². The summed E-state index contributed by atoms with van der Waals surface area (Å²) in [5.41, 5.74) is 1.18. The maximum atomic E-state index is 12.7. The molecular weight excluding hydrogens is 396 g/mol. The fourth-order valence-corrected chi connectivity index (χ4v) is 3.36. The van der Waals surface area contributed by atoms with Crippen molar-refractivity contribution in [3.8, 4) is 0 Å². The standard InChI is InChI=1S/C20H21ClN4O4/c21-18-5-2-1-4-16(18)14-22-20(27)24-11-3-10-23(12-13-24)19(26)15-6-8-17(9-7-15)25(28)29/h1-2,4-9H,3,10-14H2,(H,22,27). The predicted molar refractivity (Wildman–Crippen MR) is 109 cm³/mol. The first-order valence-corrected chi connectivity index (χ1v) is 9.63. The summed E-state index contributed by atoms with van der Waals surface area (Å²) in [5, 5.41) is 14.2. The Kier molecular flexibility index (Phi) is 6.66. The van der Waals surface area contributed by atoms with Gasteiger partial charge in [0.2, 0.25) is 0 Å². The number of urea groups is 1. The molecule has 0 radical (unpaired) electrons. The summed E-state index contributed by atoms with van der Waals surface area (Å²) in [4.78, 5) is 38.8. The van der Waals surface area contributed by atoms with Crippen LogP contribution in [0.25, 0.3) is 0 Å². The van der Waals surface area contributed by atoms with Crippen LogP contribution in [-0.4, -0.2) is 52.8 Å². The van der Waals surface area contributed by atoms with E-state index in [-0.39, 0.29) is 17.6 Å². The smallest absolute Gasteiger partial charge is 0.317 e. The van der Waals surface area contributed by atoms with Crippen LogP contribution in [0.1, 0.15) is 22.3 Å². The Morgan fingerprint density at radius 2 is 1.66 bits per heavy atom. The molecule has 1 fully saturated rings. The minimum Gasteiger partial charge on any atom is -0.337 e. The summed E-state index contributed by atoms with van der Waals surface area (Å²) in [5.74, 6) is -0.196. The summed E-state index contributed by atoms with van der Waals surface area (Å²) < 4.78 is 0. The summed E-state index contributed by atoms with van der Waals surface area (Å²) in [7, 11) is 0. The highest BCUT2D eigenvalue weighted by Gasteiger charge is 2.23. The molecule has 29 heavy (non-hydrogen) atoms. The van der Waals surface area contributed by atoms with Crippen molar-refractivity contribution < 1.29 is 14.5 Å². The molecule has 0 aromatic heterocycles. The van der Waals surface area contributed by atoms with Crippen LogP contribution < -0.4 is 5.32 Å². The molecular formula is C20H21ClN4O4. The van der Waals surface area contributed by atoms with Gasteiger partial charge in [-0.25, -0.2) is 4.79 Å². The molecule has 0 unspecified atom stereocenters. The fraction of sp³-hybridized carbons (Fsp3) is 0.300. The van der Waals surface area contributed by atoms with E-state index < -0.39 is 4.92 Å². The van der Waals surface area contributed by atoms with Crippen LogP contribution in [0.2, 0.25) is 5.02 Å². The Bertz CT molecular complexity index is 904. The van der Waals surface area contributed by atoms with E-state index in [1.165, 1.54) is 24.3 Å². The second-order valence-electron chi connectivity index (χ2n) is 6.69. The van der Waals surface area contributed by atoms with Gasteiger partial charge in [0.25, 0.3) is 11.6 Å². The molecule has 0 bridgehead atoms. The highest BCUT2D eigenvalue weighted by Crippen LogP contribution is 2.16. The molecule has 1 aliphatic heterocycles. The average molecular weight is 417 g/mol. The number of hydrogen-bond acceptors (Lipinski definition) is 4. The van der Waals surface area contributed by atoms with Gasteiger partial charge >= 0.3 is 6.03 Å². The summed E-state index contributed by atoms with van der Waals surface area (Å²) >= 11 is 6.11. The molecule has 0 spiro atoms. The van der Waals surface area contributed by atoms with E-state index in [1.807, 2.05) is 18.2 Å². The highest BCUT2D eigenvalue weighted by atomic mass is 35.5. The molecule has 1 N–H and O–H groups in total. The molecule has 3 amide bonds. The second-order valence-corrected chi connectivity index (χ2v) is 7.09. The maximum Gasteiger partial charge on any atom is 0.317 e. The molecule has 8 nitrogen and oxygen atoms in total. The zero-order valence-corrected chi connectivity index (χ0v) is 16.5. The first-order chi connectivity index (χ1) is 14.0. The molecule has 9 heteroatoms. The predicted octanol–water partition coefficient (Wildman–Crippen LogP) is 3.31. The molecule has 1 aliphatic rings. The number of non-ortho nitro benzene ring substituents is 1. The number of rotatable bonds is 4. The van der Waals surface area contributed by atoms with Gasteiger partial charge in [0.05, 0.1) is 4.92 Å². The number of carbonyl (C=O) groups excluding carboxylic acids is 2. The van der Waals surface area contributed by atoms with Gasteiger partial charge in [0.15, 0.2) is 0 Å². The first kappa shape index (κ1) is 20.6. The molecule has 1 saturated heterocycles. The third-order valence-electron chi connectivity index (χ3n) is 4.78. The summed E-state index contributed by atoms with van der Waals surface area (Å²) in [6, 6.07) is 12.7. The van der Waals surface area contributed by atoms with Crippen molar-refractivity contribution in [2.45, 2.75) is 13.0 Å². The van der Waals surface area contributed by atoms with Gasteiger partial charge in [-0.1, -0.05) is 29.8 Å². The number of nitrogens with one attached hydrogen (secondary N) is 1. The second kappa shape index (κ2) is 9.38. The number of hydrogen-bond donors (Lipinski definition) is 1. The van der Waals surface area contributed by atoms with Crippen molar-refractivity contribution in [2.24, 2.45) is 0 Å². The van der Waals surface area contributed by atoms with Crippen molar-refractivity contribution in [3.05, 3.63) is 74.8 Å². The number of nitro groups is 1. The summed E-state index contributed by atoms with van der Waals surface area (Å²) in [6.45, 7) is 2.20. The molecule has 2 aromatic carbocycles. The van der Waals surface area contributed by atoms with Crippen LogP contribution >= 0.6 is 11.6 Å². The number of amides is 3. The Labute approximate surface area is 173 Å². The van der Waals surface area contributed by atoms with Crippen molar-refractivity contribution in [2.75, 3.05) is 26.2 Å². The maximum absolute atomic E-state index is 12.7.